The van der Waals surface area contributed by atoms with Crippen LogP contribution in [-0.4, -0.2) is 36.5 Å². The van der Waals surface area contributed by atoms with Gasteiger partial charge in [0, 0.05) is 28.6 Å². The van der Waals surface area contributed by atoms with E-state index in [1.54, 1.807) is 18.2 Å². The molecule has 0 bridgehead atoms. The lowest BCUT2D eigenvalue weighted by Gasteiger charge is -2.30. The molecule has 0 radical (unpaired) electrons. The lowest BCUT2D eigenvalue weighted by molar-refractivity contribution is 0.0731. The van der Waals surface area contributed by atoms with Crippen molar-refractivity contribution >= 4 is 33.4 Å². The Balaban J connectivity index is 2.10. The van der Waals surface area contributed by atoms with Crippen molar-refractivity contribution in [2.75, 3.05) is 19.6 Å². The summed E-state index contributed by atoms with van der Waals surface area (Å²) in [5.74, 6) is 0.0766. The second-order valence-electron chi connectivity index (χ2n) is 5.52. The number of hydrogen-bond acceptors (Lipinski definition) is 2. The molecule has 1 N–H and O–H groups in total. The van der Waals surface area contributed by atoms with Crippen molar-refractivity contribution in [2.45, 2.75) is 38.6 Å². The second kappa shape index (κ2) is 8.16. The van der Waals surface area contributed by atoms with Crippen LogP contribution in [0.2, 0.25) is 5.02 Å². The van der Waals surface area contributed by atoms with Gasteiger partial charge in [-0.3, -0.25) is 4.79 Å². The number of amides is 1. The van der Waals surface area contributed by atoms with Crippen LogP contribution < -0.4 is 5.32 Å². The van der Waals surface area contributed by atoms with E-state index in [1.165, 1.54) is 12.8 Å². The van der Waals surface area contributed by atoms with Crippen molar-refractivity contribution in [3.05, 3.63) is 33.3 Å². The second-order valence-corrected chi connectivity index (χ2v) is 6.81. The first-order chi connectivity index (χ1) is 10.1. The van der Waals surface area contributed by atoms with Gasteiger partial charge in [0.1, 0.15) is 0 Å². The summed E-state index contributed by atoms with van der Waals surface area (Å²) in [6, 6.07) is 5.76. The third-order valence-electron chi connectivity index (χ3n) is 3.80. The van der Waals surface area contributed by atoms with Gasteiger partial charge in [-0.15, -0.1) is 0 Å². The summed E-state index contributed by atoms with van der Waals surface area (Å²) in [4.78, 5) is 14.7. The summed E-state index contributed by atoms with van der Waals surface area (Å²) in [6.45, 7) is 4.72. The molecule has 1 aromatic carbocycles. The lowest BCUT2D eigenvalue weighted by atomic mass is 10.0. The van der Waals surface area contributed by atoms with Crippen LogP contribution >= 0.6 is 27.5 Å². The van der Waals surface area contributed by atoms with E-state index in [2.05, 4.69) is 28.2 Å². The third-order valence-corrected chi connectivity index (χ3v) is 4.69. The fourth-order valence-electron chi connectivity index (χ4n) is 2.72. The Labute approximate surface area is 140 Å². The van der Waals surface area contributed by atoms with Gasteiger partial charge in [0.15, 0.2) is 0 Å². The Morgan fingerprint density at radius 2 is 2.29 bits per heavy atom. The Morgan fingerprint density at radius 3 is 2.90 bits per heavy atom. The van der Waals surface area contributed by atoms with E-state index < -0.39 is 0 Å². The van der Waals surface area contributed by atoms with Crippen molar-refractivity contribution in [2.24, 2.45) is 0 Å². The number of nitrogens with zero attached hydrogens (tertiary/aromatic N) is 1. The van der Waals surface area contributed by atoms with Crippen LogP contribution in [0.25, 0.3) is 0 Å². The van der Waals surface area contributed by atoms with Gasteiger partial charge in [-0.25, -0.2) is 0 Å². The van der Waals surface area contributed by atoms with Crippen LogP contribution in [0.4, 0.5) is 0 Å². The zero-order valence-electron chi connectivity index (χ0n) is 12.4. The van der Waals surface area contributed by atoms with Crippen molar-refractivity contribution in [1.82, 2.24) is 10.2 Å². The van der Waals surface area contributed by atoms with Crippen molar-refractivity contribution in [3.8, 4) is 0 Å². The molecule has 0 aliphatic carbocycles. The van der Waals surface area contributed by atoms with E-state index in [0.717, 1.165) is 36.9 Å². The summed E-state index contributed by atoms with van der Waals surface area (Å²) < 4.78 is 0.762. The lowest BCUT2D eigenvalue weighted by Crippen LogP contribution is -2.46. The highest BCUT2D eigenvalue weighted by Gasteiger charge is 2.22. The highest BCUT2D eigenvalue weighted by atomic mass is 79.9. The maximum absolute atomic E-state index is 12.8. The molecule has 1 aliphatic heterocycles. The Bertz CT molecular complexity index is 489. The van der Waals surface area contributed by atoms with Crippen LogP contribution in [0.3, 0.4) is 0 Å². The van der Waals surface area contributed by atoms with E-state index in [9.17, 15) is 4.79 Å². The molecular formula is C16H22BrClN2O. The number of carbonyl (C=O) groups excluding carboxylic acids is 1. The Hall–Kier alpha value is -0.580. The molecule has 3 nitrogen and oxygen atoms in total. The molecule has 1 aromatic rings. The molecule has 5 heteroatoms. The molecule has 1 heterocycles. The monoisotopic (exact) mass is 372 g/mol. The molecule has 0 aromatic heterocycles. The van der Waals surface area contributed by atoms with Gasteiger partial charge in [0.2, 0.25) is 0 Å². The fourth-order valence-corrected chi connectivity index (χ4v) is 3.58. The first-order valence-electron chi connectivity index (χ1n) is 7.59. The number of nitrogens with one attached hydrogen (secondary N) is 1. The van der Waals surface area contributed by atoms with Gasteiger partial charge in [-0.1, -0.05) is 24.9 Å². The maximum Gasteiger partial charge on any atom is 0.255 e. The van der Waals surface area contributed by atoms with E-state index in [0.29, 0.717) is 16.6 Å². The summed E-state index contributed by atoms with van der Waals surface area (Å²) in [5, 5.41) is 4.15. The molecule has 0 saturated carbocycles. The minimum atomic E-state index is 0.0766. The highest BCUT2D eigenvalue weighted by Crippen LogP contribution is 2.23. The minimum absolute atomic E-state index is 0.0766. The first kappa shape index (κ1) is 16.8. The Kier molecular flexibility index (Phi) is 6.52. The number of hydrogen-bond donors (Lipinski definition) is 1. The molecule has 0 spiro atoms. The number of benzene rings is 1. The quantitative estimate of drug-likeness (QED) is 0.843. The van der Waals surface area contributed by atoms with Gasteiger partial charge >= 0.3 is 0 Å². The van der Waals surface area contributed by atoms with Gasteiger partial charge < -0.3 is 10.2 Å². The highest BCUT2D eigenvalue weighted by molar-refractivity contribution is 9.10. The molecule has 1 aliphatic rings. The van der Waals surface area contributed by atoms with E-state index in [-0.39, 0.29) is 5.91 Å². The summed E-state index contributed by atoms with van der Waals surface area (Å²) in [6.07, 6.45) is 4.59. The van der Waals surface area contributed by atoms with Crippen LogP contribution in [0.15, 0.2) is 22.7 Å². The fraction of sp³-hybridized carbons (Fsp3) is 0.562. The average molecular weight is 374 g/mol. The van der Waals surface area contributed by atoms with Crippen LogP contribution in [-0.2, 0) is 0 Å². The standard InChI is InChI=1S/C16H22BrClN2O/c1-2-9-20(11-13-5-3-4-8-19-13)16(21)14-7-6-12(18)10-15(14)17/h6-7,10,13,19H,2-5,8-9,11H2,1H3. The van der Waals surface area contributed by atoms with Crippen LogP contribution in [0.1, 0.15) is 43.0 Å². The molecular weight excluding hydrogens is 352 g/mol. The summed E-state index contributed by atoms with van der Waals surface area (Å²) in [5.41, 5.74) is 0.684. The largest absolute Gasteiger partial charge is 0.337 e. The topological polar surface area (TPSA) is 32.3 Å². The summed E-state index contributed by atoms with van der Waals surface area (Å²) in [7, 11) is 0. The van der Waals surface area contributed by atoms with E-state index in [4.69, 9.17) is 11.6 Å². The normalized spacial score (nSPS) is 18.5. The molecule has 116 valence electrons. The number of rotatable bonds is 5. The molecule has 1 unspecified atom stereocenters. The van der Waals surface area contributed by atoms with Gasteiger partial charge in [-0.2, -0.15) is 0 Å². The molecule has 1 saturated heterocycles. The molecule has 21 heavy (non-hydrogen) atoms. The third kappa shape index (κ3) is 4.70. The predicted molar refractivity (Wildman–Crippen MR) is 91.0 cm³/mol. The van der Waals surface area contributed by atoms with E-state index >= 15 is 0 Å². The zero-order valence-corrected chi connectivity index (χ0v) is 14.7. The number of halogens is 2. The SMILES string of the molecule is CCCN(CC1CCCCN1)C(=O)c1ccc(Cl)cc1Br. The van der Waals surface area contributed by atoms with Crippen molar-refractivity contribution in [3.63, 3.8) is 0 Å². The molecule has 1 amide bonds. The summed E-state index contributed by atoms with van der Waals surface area (Å²) >= 11 is 9.40. The zero-order chi connectivity index (χ0) is 15.2. The van der Waals surface area contributed by atoms with Gasteiger partial charge in [0.25, 0.3) is 5.91 Å². The predicted octanol–water partition coefficient (Wildman–Crippen LogP) is 4.10. The van der Waals surface area contributed by atoms with Gasteiger partial charge in [-0.05, 0) is 59.9 Å². The van der Waals surface area contributed by atoms with Crippen LogP contribution in [0.5, 0.6) is 0 Å². The number of piperidine rings is 1. The van der Waals surface area contributed by atoms with E-state index in [1.807, 2.05) is 4.90 Å². The minimum Gasteiger partial charge on any atom is -0.337 e. The molecule has 1 atom stereocenters. The van der Waals surface area contributed by atoms with Crippen molar-refractivity contribution < 1.29 is 4.79 Å². The Morgan fingerprint density at radius 1 is 1.48 bits per heavy atom. The van der Waals surface area contributed by atoms with Crippen LogP contribution in [0, 0.1) is 0 Å². The molecule has 2 rings (SSSR count). The smallest absolute Gasteiger partial charge is 0.255 e. The molecule has 1 fully saturated rings. The van der Waals surface area contributed by atoms with Gasteiger partial charge in [0.05, 0.1) is 5.56 Å². The first-order valence-corrected chi connectivity index (χ1v) is 8.76. The average Bonchev–Trinajstić information content (AvgIpc) is 2.47. The number of carbonyl (C=O) groups is 1. The maximum atomic E-state index is 12.8. The van der Waals surface area contributed by atoms with Crippen molar-refractivity contribution in [1.29, 1.82) is 0 Å².